The van der Waals surface area contributed by atoms with Crippen molar-refractivity contribution in [2.75, 3.05) is 19.8 Å². The van der Waals surface area contributed by atoms with Gasteiger partial charge in [-0.3, -0.25) is 4.79 Å². The van der Waals surface area contributed by atoms with Crippen LogP contribution in [0.25, 0.3) is 11.0 Å². The summed E-state index contributed by atoms with van der Waals surface area (Å²) in [5.74, 6) is -0.150. The Kier molecular flexibility index (Phi) is 3.85. The molecule has 0 radical (unpaired) electrons. The minimum absolute atomic E-state index is 0.0841. The Balaban J connectivity index is 1.74. The fraction of sp³-hybridized carbons (Fsp3) is 0.500. The van der Waals surface area contributed by atoms with Crippen molar-refractivity contribution >= 4 is 16.9 Å². The second-order valence-electron chi connectivity index (χ2n) is 5.03. The second kappa shape index (κ2) is 5.79. The van der Waals surface area contributed by atoms with E-state index in [-0.39, 0.29) is 18.1 Å². The zero-order valence-corrected chi connectivity index (χ0v) is 12.1. The average molecular weight is 290 g/mol. The summed E-state index contributed by atoms with van der Waals surface area (Å²) >= 11 is 0. The Morgan fingerprint density at radius 1 is 1.52 bits per heavy atom. The number of hydrogen-bond donors (Lipinski definition) is 1. The van der Waals surface area contributed by atoms with E-state index in [1.807, 2.05) is 20.0 Å². The van der Waals surface area contributed by atoms with Gasteiger partial charge in [0.15, 0.2) is 0 Å². The molecule has 1 N–H and O–H groups in total. The first-order chi connectivity index (χ1) is 10.2. The van der Waals surface area contributed by atoms with Crippen LogP contribution in [0.3, 0.4) is 0 Å². The van der Waals surface area contributed by atoms with Crippen molar-refractivity contribution < 1.29 is 14.3 Å². The first kappa shape index (κ1) is 14.0. The summed E-state index contributed by atoms with van der Waals surface area (Å²) in [5, 5.41) is 10.9. The number of aryl methyl sites for hydroxylation is 1. The number of carbonyl (C=O) groups excluding carboxylic acids is 1. The van der Waals surface area contributed by atoms with Crippen molar-refractivity contribution in [2.24, 2.45) is 7.05 Å². The molecule has 7 heteroatoms. The van der Waals surface area contributed by atoms with Gasteiger partial charge in [-0.15, -0.1) is 5.10 Å². The number of benzene rings is 1. The molecule has 0 saturated carbocycles. The maximum absolute atomic E-state index is 12.3. The van der Waals surface area contributed by atoms with Crippen LogP contribution in [-0.4, -0.2) is 52.9 Å². The van der Waals surface area contributed by atoms with Crippen molar-refractivity contribution in [3.8, 4) is 0 Å². The molecule has 21 heavy (non-hydrogen) atoms. The number of carbonyl (C=O) groups is 1. The van der Waals surface area contributed by atoms with Gasteiger partial charge in [0, 0.05) is 19.2 Å². The molecule has 1 fully saturated rings. The van der Waals surface area contributed by atoms with E-state index in [1.165, 1.54) is 0 Å². The number of ether oxygens (including phenoxy) is 2. The van der Waals surface area contributed by atoms with E-state index in [9.17, 15) is 4.79 Å². The molecule has 2 heterocycles. The monoisotopic (exact) mass is 290 g/mol. The zero-order chi connectivity index (χ0) is 14.8. The highest BCUT2D eigenvalue weighted by atomic mass is 16.5. The van der Waals surface area contributed by atoms with Gasteiger partial charge in [0.25, 0.3) is 5.91 Å². The highest BCUT2D eigenvalue weighted by Crippen LogP contribution is 2.14. The Morgan fingerprint density at radius 2 is 2.38 bits per heavy atom. The smallest absolute Gasteiger partial charge is 0.251 e. The summed E-state index contributed by atoms with van der Waals surface area (Å²) in [6.07, 6.45) is -0.0841. The summed E-state index contributed by atoms with van der Waals surface area (Å²) in [4.78, 5) is 12.3. The number of fused-ring (bicyclic) bond motifs is 1. The number of rotatable bonds is 4. The Morgan fingerprint density at radius 3 is 3.19 bits per heavy atom. The minimum Gasteiger partial charge on any atom is -0.376 e. The predicted molar refractivity (Wildman–Crippen MR) is 76.0 cm³/mol. The van der Waals surface area contributed by atoms with Crippen molar-refractivity contribution in [3.63, 3.8) is 0 Å². The number of nitrogens with one attached hydrogen (secondary N) is 1. The third-order valence-electron chi connectivity index (χ3n) is 3.60. The lowest BCUT2D eigenvalue weighted by atomic mass is 10.1. The fourth-order valence-corrected chi connectivity index (χ4v) is 2.48. The van der Waals surface area contributed by atoms with Gasteiger partial charge in [-0.05, 0) is 25.1 Å². The second-order valence-corrected chi connectivity index (χ2v) is 5.03. The maximum Gasteiger partial charge on any atom is 0.251 e. The van der Waals surface area contributed by atoms with Crippen LogP contribution in [0.15, 0.2) is 18.2 Å². The molecule has 2 atom stereocenters. The Bertz CT molecular complexity index is 655. The van der Waals surface area contributed by atoms with Crippen LogP contribution in [0.1, 0.15) is 17.3 Å². The molecule has 0 aliphatic carbocycles. The van der Waals surface area contributed by atoms with E-state index in [1.54, 1.807) is 16.8 Å². The first-order valence-corrected chi connectivity index (χ1v) is 6.98. The molecule has 1 amide bonds. The van der Waals surface area contributed by atoms with E-state index in [0.717, 1.165) is 5.52 Å². The van der Waals surface area contributed by atoms with E-state index < -0.39 is 0 Å². The lowest BCUT2D eigenvalue weighted by Gasteiger charge is -2.18. The molecule has 1 aliphatic rings. The van der Waals surface area contributed by atoms with Crippen molar-refractivity contribution in [3.05, 3.63) is 23.8 Å². The fourth-order valence-electron chi connectivity index (χ4n) is 2.48. The maximum atomic E-state index is 12.3. The molecular formula is C14H18N4O3. The summed E-state index contributed by atoms with van der Waals surface area (Å²) in [6.45, 7) is 3.52. The third kappa shape index (κ3) is 2.74. The molecule has 1 aliphatic heterocycles. The SMILES string of the molecule is CCO[C@@H]1COC[C@H]1NC(=O)c1ccc2c(c1)nnn2C. The summed E-state index contributed by atoms with van der Waals surface area (Å²) < 4.78 is 12.6. The average Bonchev–Trinajstić information content (AvgIpc) is 3.07. The van der Waals surface area contributed by atoms with Crippen LogP contribution >= 0.6 is 0 Å². The van der Waals surface area contributed by atoms with E-state index in [2.05, 4.69) is 15.6 Å². The van der Waals surface area contributed by atoms with E-state index in [0.29, 0.717) is 30.9 Å². The van der Waals surface area contributed by atoms with Crippen molar-refractivity contribution in [1.29, 1.82) is 0 Å². The predicted octanol–water partition coefficient (Wildman–Crippen LogP) is 0.502. The topological polar surface area (TPSA) is 78.3 Å². The molecule has 0 spiro atoms. The molecule has 0 unspecified atom stereocenters. The van der Waals surface area contributed by atoms with Gasteiger partial charge in [-0.25, -0.2) is 4.68 Å². The van der Waals surface area contributed by atoms with E-state index in [4.69, 9.17) is 9.47 Å². The Hall–Kier alpha value is -1.99. The molecule has 7 nitrogen and oxygen atoms in total. The van der Waals surface area contributed by atoms with Crippen LogP contribution in [0.4, 0.5) is 0 Å². The summed E-state index contributed by atoms with van der Waals surface area (Å²) in [5.41, 5.74) is 2.15. The quantitative estimate of drug-likeness (QED) is 0.887. The lowest BCUT2D eigenvalue weighted by molar-refractivity contribution is 0.0402. The van der Waals surface area contributed by atoms with Gasteiger partial charge >= 0.3 is 0 Å². The van der Waals surface area contributed by atoms with Gasteiger partial charge in [-0.2, -0.15) is 0 Å². The normalized spacial score (nSPS) is 21.8. The molecule has 1 aromatic carbocycles. The zero-order valence-electron chi connectivity index (χ0n) is 12.1. The standard InChI is InChI=1S/C14H18N4O3/c1-3-21-13-8-20-7-11(13)15-14(19)9-4-5-12-10(6-9)16-17-18(12)2/h4-6,11,13H,3,7-8H2,1-2H3,(H,15,19)/t11-,13-/m1/s1. The van der Waals surface area contributed by atoms with Crippen LogP contribution < -0.4 is 5.32 Å². The Labute approximate surface area is 122 Å². The molecular weight excluding hydrogens is 272 g/mol. The number of nitrogens with zero attached hydrogens (tertiary/aromatic N) is 3. The first-order valence-electron chi connectivity index (χ1n) is 6.98. The van der Waals surface area contributed by atoms with Gasteiger partial charge in [-0.1, -0.05) is 5.21 Å². The van der Waals surface area contributed by atoms with Crippen molar-refractivity contribution in [2.45, 2.75) is 19.1 Å². The van der Waals surface area contributed by atoms with Crippen molar-refractivity contribution in [1.82, 2.24) is 20.3 Å². The number of hydrogen-bond acceptors (Lipinski definition) is 5. The molecule has 1 saturated heterocycles. The van der Waals surface area contributed by atoms with E-state index >= 15 is 0 Å². The highest BCUT2D eigenvalue weighted by molar-refractivity contribution is 5.97. The van der Waals surface area contributed by atoms with Gasteiger partial charge in [0.1, 0.15) is 11.6 Å². The number of aromatic nitrogens is 3. The van der Waals surface area contributed by atoms with Crippen LogP contribution in [0, 0.1) is 0 Å². The molecule has 1 aromatic heterocycles. The lowest BCUT2D eigenvalue weighted by Crippen LogP contribution is -2.43. The van der Waals surface area contributed by atoms with Crippen LogP contribution in [-0.2, 0) is 16.5 Å². The van der Waals surface area contributed by atoms with Crippen LogP contribution in [0.5, 0.6) is 0 Å². The largest absolute Gasteiger partial charge is 0.376 e. The van der Waals surface area contributed by atoms with Gasteiger partial charge in [0.2, 0.25) is 0 Å². The summed E-state index contributed by atoms with van der Waals surface area (Å²) in [7, 11) is 1.82. The molecule has 2 aromatic rings. The molecule has 0 bridgehead atoms. The van der Waals surface area contributed by atoms with Gasteiger partial charge < -0.3 is 14.8 Å². The number of amides is 1. The molecule has 112 valence electrons. The summed E-state index contributed by atoms with van der Waals surface area (Å²) in [6, 6.07) is 5.24. The molecule has 3 rings (SSSR count). The van der Waals surface area contributed by atoms with Crippen LogP contribution in [0.2, 0.25) is 0 Å². The van der Waals surface area contributed by atoms with Gasteiger partial charge in [0.05, 0.1) is 24.8 Å². The minimum atomic E-state index is -0.150. The highest BCUT2D eigenvalue weighted by Gasteiger charge is 2.30. The third-order valence-corrected chi connectivity index (χ3v) is 3.60.